The average Bonchev–Trinajstić information content (AvgIpc) is 2.55. The molecule has 1 N–H and O–H groups in total. The summed E-state index contributed by atoms with van der Waals surface area (Å²) in [6.07, 6.45) is 1.93. The SMILES string of the molecule is COc1cc(C)cc([C@H](C(=O)O)N(C)CC2CCOCC2)c1OC. The summed E-state index contributed by atoms with van der Waals surface area (Å²) in [6, 6.07) is 2.93. The topological polar surface area (TPSA) is 68.2 Å². The first-order valence-corrected chi connectivity index (χ1v) is 8.21. The summed E-state index contributed by atoms with van der Waals surface area (Å²) in [6.45, 7) is 4.12. The summed E-state index contributed by atoms with van der Waals surface area (Å²) in [4.78, 5) is 13.9. The molecule has 0 unspecified atom stereocenters. The van der Waals surface area contributed by atoms with Gasteiger partial charge in [0.1, 0.15) is 6.04 Å². The highest BCUT2D eigenvalue weighted by Gasteiger charge is 2.31. The van der Waals surface area contributed by atoms with Gasteiger partial charge in [-0.3, -0.25) is 9.69 Å². The van der Waals surface area contributed by atoms with Crippen molar-refractivity contribution in [2.45, 2.75) is 25.8 Å². The van der Waals surface area contributed by atoms with E-state index in [1.54, 1.807) is 7.11 Å². The van der Waals surface area contributed by atoms with Crippen LogP contribution in [0.2, 0.25) is 0 Å². The normalized spacial score (nSPS) is 16.9. The summed E-state index contributed by atoms with van der Waals surface area (Å²) >= 11 is 0. The first-order valence-electron chi connectivity index (χ1n) is 8.21. The molecule has 6 nitrogen and oxygen atoms in total. The number of benzene rings is 1. The molecule has 2 rings (SSSR count). The quantitative estimate of drug-likeness (QED) is 0.824. The first-order chi connectivity index (χ1) is 11.5. The molecule has 0 saturated carbocycles. The van der Waals surface area contributed by atoms with Crippen LogP contribution in [0.25, 0.3) is 0 Å². The Morgan fingerprint density at radius 3 is 2.54 bits per heavy atom. The third-order valence-electron chi connectivity index (χ3n) is 4.51. The van der Waals surface area contributed by atoms with Gasteiger partial charge in [0, 0.05) is 25.3 Å². The molecule has 0 radical (unpaired) electrons. The van der Waals surface area contributed by atoms with Crippen LogP contribution in [0.4, 0.5) is 0 Å². The molecule has 6 heteroatoms. The van der Waals surface area contributed by atoms with Gasteiger partial charge < -0.3 is 19.3 Å². The molecule has 1 fully saturated rings. The van der Waals surface area contributed by atoms with Gasteiger partial charge in [-0.1, -0.05) is 0 Å². The Morgan fingerprint density at radius 1 is 1.33 bits per heavy atom. The van der Waals surface area contributed by atoms with Crippen molar-refractivity contribution in [3.8, 4) is 11.5 Å². The minimum Gasteiger partial charge on any atom is -0.493 e. The number of ether oxygens (including phenoxy) is 3. The lowest BCUT2D eigenvalue weighted by Crippen LogP contribution is -2.36. The predicted molar refractivity (Wildman–Crippen MR) is 90.8 cm³/mol. The number of likely N-dealkylation sites (N-methyl/N-ethyl adjacent to an activating group) is 1. The van der Waals surface area contributed by atoms with E-state index in [0.29, 0.717) is 29.5 Å². The van der Waals surface area contributed by atoms with Crippen LogP contribution < -0.4 is 9.47 Å². The van der Waals surface area contributed by atoms with E-state index in [1.807, 2.05) is 31.0 Å². The molecule has 0 aliphatic carbocycles. The van der Waals surface area contributed by atoms with E-state index in [9.17, 15) is 9.90 Å². The summed E-state index contributed by atoms with van der Waals surface area (Å²) in [5.41, 5.74) is 1.56. The number of aryl methyl sites for hydroxylation is 1. The zero-order chi connectivity index (χ0) is 17.7. The number of hydrogen-bond donors (Lipinski definition) is 1. The zero-order valence-corrected chi connectivity index (χ0v) is 14.9. The van der Waals surface area contributed by atoms with E-state index in [2.05, 4.69) is 0 Å². The van der Waals surface area contributed by atoms with E-state index in [4.69, 9.17) is 14.2 Å². The fourth-order valence-electron chi connectivity index (χ4n) is 3.34. The molecular formula is C18H27NO5. The van der Waals surface area contributed by atoms with Crippen LogP contribution in [0.1, 0.15) is 30.0 Å². The Balaban J connectivity index is 2.32. The number of carbonyl (C=O) groups is 1. The molecule has 0 aromatic heterocycles. The molecule has 1 atom stereocenters. The number of methoxy groups -OCH3 is 2. The maximum atomic E-state index is 12.0. The molecule has 1 heterocycles. The highest BCUT2D eigenvalue weighted by Crippen LogP contribution is 2.38. The highest BCUT2D eigenvalue weighted by atomic mass is 16.5. The molecule has 0 spiro atoms. The van der Waals surface area contributed by atoms with Crippen molar-refractivity contribution < 1.29 is 24.1 Å². The lowest BCUT2D eigenvalue weighted by molar-refractivity contribution is -0.143. The van der Waals surface area contributed by atoms with Crippen molar-refractivity contribution in [2.75, 3.05) is 41.0 Å². The van der Waals surface area contributed by atoms with Gasteiger partial charge in [0.2, 0.25) is 0 Å². The Hall–Kier alpha value is -1.79. The van der Waals surface area contributed by atoms with Crippen LogP contribution in [0, 0.1) is 12.8 Å². The maximum Gasteiger partial charge on any atom is 0.325 e. The fraction of sp³-hybridized carbons (Fsp3) is 0.611. The molecule has 0 bridgehead atoms. The molecule has 1 saturated heterocycles. The van der Waals surface area contributed by atoms with Gasteiger partial charge in [0.05, 0.1) is 14.2 Å². The zero-order valence-electron chi connectivity index (χ0n) is 14.9. The first kappa shape index (κ1) is 18.5. The van der Waals surface area contributed by atoms with Crippen LogP contribution in [0.5, 0.6) is 11.5 Å². The van der Waals surface area contributed by atoms with Gasteiger partial charge in [0.25, 0.3) is 0 Å². The summed E-state index contributed by atoms with van der Waals surface area (Å²) in [7, 11) is 4.94. The lowest BCUT2D eigenvalue weighted by atomic mass is 9.96. The van der Waals surface area contributed by atoms with Crippen molar-refractivity contribution in [2.24, 2.45) is 5.92 Å². The number of aliphatic carboxylic acids is 1. The second-order valence-corrected chi connectivity index (χ2v) is 6.33. The van der Waals surface area contributed by atoms with Gasteiger partial charge in [-0.15, -0.1) is 0 Å². The monoisotopic (exact) mass is 337 g/mol. The van der Waals surface area contributed by atoms with E-state index in [0.717, 1.165) is 31.6 Å². The van der Waals surface area contributed by atoms with Gasteiger partial charge in [-0.05, 0) is 50.4 Å². The van der Waals surface area contributed by atoms with Gasteiger partial charge in [-0.2, -0.15) is 0 Å². The Bertz CT molecular complexity index is 569. The van der Waals surface area contributed by atoms with E-state index in [1.165, 1.54) is 7.11 Å². The van der Waals surface area contributed by atoms with E-state index < -0.39 is 12.0 Å². The Kier molecular flexibility index (Phi) is 6.45. The largest absolute Gasteiger partial charge is 0.493 e. The predicted octanol–water partition coefficient (Wildman–Crippen LogP) is 2.50. The molecule has 1 aromatic rings. The minimum absolute atomic E-state index is 0.447. The third kappa shape index (κ3) is 4.19. The van der Waals surface area contributed by atoms with Crippen LogP contribution in [-0.2, 0) is 9.53 Å². The van der Waals surface area contributed by atoms with E-state index in [-0.39, 0.29) is 0 Å². The van der Waals surface area contributed by atoms with E-state index >= 15 is 0 Å². The second kappa shape index (κ2) is 8.35. The lowest BCUT2D eigenvalue weighted by Gasteiger charge is -2.31. The van der Waals surface area contributed by atoms with Crippen molar-refractivity contribution >= 4 is 5.97 Å². The number of rotatable bonds is 7. The van der Waals surface area contributed by atoms with Gasteiger partial charge >= 0.3 is 5.97 Å². The summed E-state index contributed by atoms with van der Waals surface area (Å²) < 4.78 is 16.2. The van der Waals surface area contributed by atoms with Gasteiger partial charge in [0.15, 0.2) is 11.5 Å². The van der Waals surface area contributed by atoms with Crippen molar-refractivity contribution in [3.63, 3.8) is 0 Å². The maximum absolute atomic E-state index is 12.0. The van der Waals surface area contributed by atoms with Crippen molar-refractivity contribution in [1.29, 1.82) is 0 Å². The van der Waals surface area contributed by atoms with Crippen molar-refractivity contribution in [1.82, 2.24) is 4.90 Å². The third-order valence-corrected chi connectivity index (χ3v) is 4.51. The molecular weight excluding hydrogens is 310 g/mol. The molecule has 1 aliphatic rings. The fourth-order valence-corrected chi connectivity index (χ4v) is 3.34. The standard InChI is InChI=1S/C18H27NO5/c1-12-9-14(17(23-4)15(10-12)22-3)16(18(20)21)19(2)11-13-5-7-24-8-6-13/h9-10,13,16H,5-8,11H2,1-4H3,(H,20,21)/t16-/m1/s1. The van der Waals surface area contributed by atoms with Crippen LogP contribution in [0.3, 0.4) is 0 Å². The smallest absolute Gasteiger partial charge is 0.325 e. The Morgan fingerprint density at radius 2 is 2.00 bits per heavy atom. The minimum atomic E-state index is -0.893. The van der Waals surface area contributed by atoms with Crippen molar-refractivity contribution in [3.05, 3.63) is 23.3 Å². The molecule has 24 heavy (non-hydrogen) atoms. The molecule has 1 aliphatic heterocycles. The molecule has 0 amide bonds. The van der Waals surface area contributed by atoms with Crippen LogP contribution >= 0.6 is 0 Å². The van der Waals surface area contributed by atoms with Crippen LogP contribution in [-0.4, -0.2) is 57.0 Å². The summed E-state index contributed by atoms with van der Waals surface area (Å²) in [5, 5.41) is 9.84. The number of carboxylic acid groups (broad SMARTS) is 1. The number of nitrogens with zero attached hydrogens (tertiary/aromatic N) is 1. The highest BCUT2D eigenvalue weighted by molar-refractivity contribution is 5.77. The average molecular weight is 337 g/mol. The second-order valence-electron chi connectivity index (χ2n) is 6.33. The van der Waals surface area contributed by atoms with Gasteiger partial charge in [-0.25, -0.2) is 0 Å². The Labute approximate surface area is 143 Å². The summed E-state index contributed by atoms with van der Waals surface area (Å²) in [5.74, 6) is 0.589. The number of hydrogen-bond acceptors (Lipinski definition) is 5. The molecule has 134 valence electrons. The van der Waals surface area contributed by atoms with Crippen LogP contribution in [0.15, 0.2) is 12.1 Å². The number of carboxylic acids is 1. The molecule has 1 aromatic carbocycles.